The van der Waals surface area contributed by atoms with Gasteiger partial charge in [0.2, 0.25) is 5.91 Å². The molecule has 3 rings (SSSR count). The zero-order valence-electron chi connectivity index (χ0n) is 13.5. The molecule has 2 fully saturated rings. The molecule has 1 aliphatic heterocycles. The van der Waals surface area contributed by atoms with Gasteiger partial charge in [0.15, 0.2) is 9.84 Å². The summed E-state index contributed by atoms with van der Waals surface area (Å²) in [6.07, 6.45) is 3.42. The summed E-state index contributed by atoms with van der Waals surface area (Å²) in [5.74, 6) is -0.873. The standard InChI is InChI=1S/C17H21NO5S/c1-24(22,23)13-6-2-11(3-7-13)8-16(19)18-9-14(12-4-5-12)15(10-18)17(20)21/h2-3,6-7,12,14-15H,4-5,8-10H2,1H3,(H,20,21)/t14-,15+/m1/s1. The topological polar surface area (TPSA) is 91.8 Å². The van der Waals surface area contributed by atoms with Gasteiger partial charge in [0.1, 0.15) is 0 Å². The fourth-order valence-corrected chi connectivity index (χ4v) is 4.07. The summed E-state index contributed by atoms with van der Waals surface area (Å²) in [5, 5.41) is 9.36. The van der Waals surface area contributed by atoms with Gasteiger partial charge in [-0.05, 0) is 42.4 Å². The minimum absolute atomic E-state index is 0.0686. The van der Waals surface area contributed by atoms with Crippen LogP contribution in [0.5, 0.6) is 0 Å². The van der Waals surface area contributed by atoms with E-state index in [9.17, 15) is 23.1 Å². The van der Waals surface area contributed by atoms with Gasteiger partial charge in [0.05, 0.1) is 17.2 Å². The van der Waals surface area contributed by atoms with E-state index >= 15 is 0 Å². The Hall–Kier alpha value is -1.89. The second kappa shape index (κ2) is 6.20. The third-order valence-corrected chi connectivity index (χ3v) is 6.10. The number of nitrogens with zero attached hydrogens (tertiary/aromatic N) is 1. The number of aliphatic carboxylic acids is 1. The van der Waals surface area contributed by atoms with Crippen molar-refractivity contribution in [3.63, 3.8) is 0 Å². The van der Waals surface area contributed by atoms with Crippen LogP contribution in [0.15, 0.2) is 29.2 Å². The molecule has 1 aliphatic carbocycles. The fraction of sp³-hybridized carbons (Fsp3) is 0.529. The van der Waals surface area contributed by atoms with Crippen LogP contribution in [-0.4, -0.2) is 49.6 Å². The lowest BCUT2D eigenvalue weighted by molar-refractivity contribution is -0.142. The predicted molar refractivity (Wildman–Crippen MR) is 87.2 cm³/mol. The van der Waals surface area contributed by atoms with Gasteiger partial charge in [-0.1, -0.05) is 12.1 Å². The monoisotopic (exact) mass is 351 g/mol. The van der Waals surface area contributed by atoms with Gasteiger partial charge in [-0.25, -0.2) is 8.42 Å². The van der Waals surface area contributed by atoms with Crippen molar-refractivity contribution in [1.29, 1.82) is 0 Å². The maximum atomic E-state index is 12.5. The minimum Gasteiger partial charge on any atom is -0.481 e. The second-order valence-corrected chi connectivity index (χ2v) is 8.85. The Bertz CT molecular complexity index is 752. The van der Waals surface area contributed by atoms with Crippen LogP contribution in [0.25, 0.3) is 0 Å². The number of hydrogen-bond acceptors (Lipinski definition) is 4. The molecule has 6 nitrogen and oxygen atoms in total. The maximum Gasteiger partial charge on any atom is 0.308 e. The second-order valence-electron chi connectivity index (χ2n) is 6.84. The van der Waals surface area contributed by atoms with Crippen molar-refractivity contribution in [3.05, 3.63) is 29.8 Å². The van der Waals surface area contributed by atoms with Gasteiger partial charge < -0.3 is 10.0 Å². The molecule has 1 aromatic carbocycles. The molecule has 2 aliphatic rings. The molecule has 24 heavy (non-hydrogen) atoms. The van der Waals surface area contributed by atoms with Crippen LogP contribution < -0.4 is 0 Å². The van der Waals surface area contributed by atoms with Crippen LogP contribution in [0, 0.1) is 17.8 Å². The molecule has 1 aromatic rings. The molecule has 1 heterocycles. The van der Waals surface area contributed by atoms with E-state index in [0.29, 0.717) is 12.5 Å². The molecular weight excluding hydrogens is 330 g/mol. The number of hydrogen-bond donors (Lipinski definition) is 1. The molecule has 0 radical (unpaired) electrons. The molecule has 0 bridgehead atoms. The maximum absolute atomic E-state index is 12.5. The molecule has 0 spiro atoms. The fourth-order valence-electron chi connectivity index (χ4n) is 3.44. The molecule has 0 unspecified atom stereocenters. The van der Waals surface area contributed by atoms with Gasteiger partial charge in [-0.15, -0.1) is 0 Å². The zero-order chi connectivity index (χ0) is 17.5. The van der Waals surface area contributed by atoms with Gasteiger partial charge in [0.25, 0.3) is 0 Å². The summed E-state index contributed by atoms with van der Waals surface area (Å²) >= 11 is 0. The molecule has 1 saturated carbocycles. The van der Waals surface area contributed by atoms with E-state index in [2.05, 4.69) is 0 Å². The molecular formula is C17H21NO5S. The average Bonchev–Trinajstić information content (AvgIpc) is 3.24. The largest absolute Gasteiger partial charge is 0.481 e. The first-order chi connectivity index (χ1) is 11.3. The Morgan fingerprint density at radius 2 is 1.79 bits per heavy atom. The lowest BCUT2D eigenvalue weighted by Crippen LogP contribution is -2.31. The average molecular weight is 351 g/mol. The lowest BCUT2D eigenvalue weighted by Gasteiger charge is -2.16. The smallest absolute Gasteiger partial charge is 0.308 e. The SMILES string of the molecule is CS(=O)(=O)c1ccc(CC(=O)N2C[C@H](C(=O)O)[C@@H](C3CC3)C2)cc1. The Balaban J connectivity index is 1.66. The highest BCUT2D eigenvalue weighted by atomic mass is 32.2. The molecule has 7 heteroatoms. The van der Waals surface area contributed by atoms with Crippen molar-refractivity contribution in [1.82, 2.24) is 4.90 Å². The van der Waals surface area contributed by atoms with Gasteiger partial charge in [-0.2, -0.15) is 0 Å². The number of carboxylic acids is 1. The van der Waals surface area contributed by atoms with Crippen LogP contribution in [0.3, 0.4) is 0 Å². The van der Waals surface area contributed by atoms with Crippen molar-refractivity contribution in [2.75, 3.05) is 19.3 Å². The highest BCUT2D eigenvalue weighted by Crippen LogP contribution is 2.44. The number of carbonyl (C=O) groups is 2. The lowest BCUT2D eigenvalue weighted by atomic mass is 9.92. The summed E-state index contributed by atoms with van der Waals surface area (Å²) in [6, 6.07) is 6.26. The summed E-state index contributed by atoms with van der Waals surface area (Å²) in [6.45, 7) is 0.790. The Morgan fingerprint density at radius 3 is 2.29 bits per heavy atom. The Kier molecular flexibility index (Phi) is 4.38. The van der Waals surface area contributed by atoms with Crippen molar-refractivity contribution in [3.8, 4) is 0 Å². The van der Waals surface area contributed by atoms with E-state index in [-0.39, 0.29) is 29.7 Å². The summed E-state index contributed by atoms with van der Waals surface area (Å²) < 4.78 is 22.9. The Morgan fingerprint density at radius 1 is 1.17 bits per heavy atom. The number of likely N-dealkylation sites (tertiary alicyclic amines) is 1. The first-order valence-corrected chi connectivity index (χ1v) is 9.94. The molecule has 0 aromatic heterocycles. The van der Waals surface area contributed by atoms with Crippen LogP contribution in [0.4, 0.5) is 0 Å². The first kappa shape index (κ1) is 17.0. The predicted octanol–water partition coefficient (Wildman–Crippen LogP) is 1.20. The van der Waals surface area contributed by atoms with E-state index in [1.165, 1.54) is 12.1 Å². The first-order valence-electron chi connectivity index (χ1n) is 8.05. The number of benzene rings is 1. The molecule has 1 saturated heterocycles. The van der Waals surface area contributed by atoms with Crippen LogP contribution in [0.1, 0.15) is 18.4 Å². The summed E-state index contributed by atoms with van der Waals surface area (Å²) in [5.41, 5.74) is 0.731. The van der Waals surface area contributed by atoms with Crippen molar-refractivity contribution in [2.24, 2.45) is 17.8 Å². The molecule has 1 N–H and O–H groups in total. The number of sulfone groups is 1. The zero-order valence-corrected chi connectivity index (χ0v) is 14.3. The minimum atomic E-state index is -3.25. The third kappa shape index (κ3) is 3.61. The van der Waals surface area contributed by atoms with Crippen LogP contribution >= 0.6 is 0 Å². The highest BCUT2D eigenvalue weighted by Gasteiger charge is 2.46. The molecule has 130 valence electrons. The summed E-state index contributed by atoms with van der Waals surface area (Å²) in [7, 11) is -3.25. The summed E-state index contributed by atoms with van der Waals surface area (Å²) in [4.78, 5) is 25.7. The van der Waals surface area contributed by atoms with Crippen molar-refractivity contribution < 1.29 is 23.1 Å². The van der Waals surface area contributed by atoms with Gasteiger partial charge >= 0.3 is 5.97 Å². The number of amides is 1. The molecule has 2 atom stereocenters. The van der Waals surface area contributed by atoms with E-state index in [1.54, 1.807) is 17.0 Å². The van der Waals surface area contributed by atoms with Crippen LogP contribution in [-0.2, 0) is 25.8 Å². The Labute approximate surface area is 141 Å². The van der Waals surface area contributed by atoms with E-state index in [1.807, 2.05) is 0 Å². The number of carboxylic acid groups (broad SMARTS) is 1. The van der Waals surface area contributed by atoms with E-state index in [4.69, 9.17) is 0 Å². The normalized spacial score (nSPS) is 24.1. The van der Waals surface area contributed by atoms with E-state index in [0.717, 1.165) is 24.7 Å². The van der Waals surface area contributed by atoms with Crippen molar-refractivity contribution >= 4 is 21.7 Å². The third-order valence-electron chi connectivity index (χ3n) is 4.97. The van der Waals surface area contributed by atoms with Gasteiger partial charge in [-0.3, -0.25) is 9.59 Å². The number of rotatable bonds is 5. The van der Waals surface area contributed by atoms with E-state index < -0.39 is 21.7 Å². The van der Waals surface area contributed by atoms with Crippen molar-refractivity contribution in [2.45, 2.75) is 24.2 Å². The van der Waals surface area contributed by atoms with Gasteiger partial charge in [0, 0.05) is 19.3 Å². The number of carbonyl (C=O) groups excluding carboxylic acids is 1. The van der Waals surface area contributed by atoms with Crippen LogP contribution in [0.2, 0.25) is 0 Å². The molecule has 1 amide bonds. The highest BCUT2D eigenvalue weighted by molar-refractivity contribution is 7.90. The quantitative estimate of drug-likeness (QED) is 0.861.